The normalized spacial score (nSPS) is 13.9. The molecule has 2 aromatic carbocycles. The molecule has 29 heavy (non-hydrogen) atoms. The van der Waals surface area contributed by atoms with Crippen LogP contribution in [0.4, 0.5) is 10.5 Å². The standard InChI is InChI=1S/C21H22ClN3O4/c22-16-9-3-2-8-15(16)17(24-21(23)28)12-20(27)29-13-19(26)25-11-5-7-14-6-1-4-10-18(14)25/h1-4,6,8-10,17H,5,7,11-13H2,(H3,23,24,28)/t17-/m1/s1. The SMILES string of the molecule is NC(=O)N[C@H](CC(=O)OCC(=O)N1CCCc2ccccc21)c1ccccc1Cl. The van der Waals surface area contributed by atoms with Crippen molar-refractivity contribution in [3.8, 4) is 0 Å². The van der Waals surface area contributed by atoms with Crippen molar-refractivity contribution in [1.29, 1.82) is 0 Å². The van der Waals surface area contributed by atoms with Crippen molar-refractivity contribution in [3.63, 3.8) is 0 Å². The number of hydrogen-bond donors (Lipinski definition) is 2. The summed E-state index contributed by atoms with van der Waals surface area (Å²) in [6.07, 6.45) is 1.57. The number of fused-ring (bicyclic) bond motifs is 1. The van der Waals surface area contributed by atoms with Crippen LogP contribution in [0, 0.1) is 0 Å². The molecule has 8 heteroatoms. The summed E-state index contributed by atoms with van der Waals surface area (Å²) in [5.41, 5.74) is 7.71. The monoisotopic (exact) mass is 415 g/mol. The first-order chi connectivity index (χ1) is 14.0. The number of urea groups is 1. The summed E-state index contributed by atoms with van der Waals surface area (Å²) in [6, 6.07) is 13.0. The fourth-order valence-electron chi connectivity index (χ4n) is 3.41. The second-order valence-corrected chi connectivity index (χ2v) is 7.13. The third kappa shape index (κ3) is 5.26. The van der Waals surface area contributed by atoms with Crippen LogP contribution in [0.25, 0.3) is 0 Å². The number of nitrogens with one attached hydrogen (secondary N) is 1. The molecule has 7 nitrogen and oxygen atoms in total. The quantitative estimate of drug-likeness (QED) is 0.708. The van der Waals surface area contributed by atoms with Crippen LogP contribution in [0.1, 0.15) is 30.0 Å². The topological polar surface area (TPSA) is 102 Å². The van der Waals surface area contributed by atoms with Crippen molar-refractivity contribution < 1.29 is 19.1 Å². The van der Waals surface area contributed by atoms with E-state index < -0.39 is 18.0 Å². The van der Waals surface area contributed by atoms with E-state index in [0.29, 0.717) is 17.1 Å². The highest BCUT2D eigenvalue weighted by Crippen LogP contribution is 2.27. The Bertz CT molecular complexity index is 918. The van der Waals surface area contributed by atoms with Crippen LogP contribution in [0.5, 0.6) is 0 Å². The van der Waals surface area contributed by atoms with Gasteiger partial charge in [-0.3, -0.25) is 9.59 Å². The second-order valence-electron chi connectivity index (χ2n) is 6.73. The molecule has 1 aliphatic rings. The summed E-state index contributed by atoms with van der Waals surface area (Å²) in [5.74, 6) is -0.926. The number of hydrogen-bond acceptors (Lipinski definition) is 4. The fourth-order valence-corrected chi connectivity index (χ4v) is 3.67. The highest BCUT2D eigenvalue weighted by atomic mass is 35.5. The second kappa shape index (κ2) is 9.43. The predicted octanol–water partition coefficient (Wildman–Crippen LogP) is 2.96. The molecule has 0 bridgehead atoms. The van der Waals surface area contributed by atoms with Crippen LogP contribution in [0.2, 0.25) is 5.02 Å². The van der Waals surface area contributed by atoms with Crippen molar-refractivity contribution in [3.05, 3.63) is 64.7 Å². The van der Waals surface area contributed by atoms with E-state index in [4.69, 9.17) is 22.1 Å². The number of nitrogens with two attached hydrogens (primary N) is 1. The minimum absolute atomic E-state index is 0.198. The van der Waals surface area contributed by atoms with Crippen LogP contribution in [0.3, 0.4) is 0 Å². The van der Waals surface area contributed by atoms with Gasteiger partial charge in [-0.05, 0) is 36.1 Å². The van der Waals surface area contributed by atoms with Gasteiger partial charge in [0.1, 0.15) is 0 Å². The minimum atomic E-state index is -0.788. The van der Waals surface area contributed by atoms with Crippen LogP contribution in [-0.2, 0) is 20.7 Å². The number of carbonyl (C=O) groups excluding carboxylic acids is 3. The first kappa shape index (κ1) is 20.7. The first-order valence-electron chi connectivity index (χ1n) is 9.30. The molecule has 0 saturated carbocycles. The number of nitrogens with zero attached hydrogens (tertiary/aromatic N) is 1. The number of ether oxygens (including phenoxy) is 1. The summed E-state index contributed by atoms with van der Waals surface area (Å²) in [5, 5.41) is 2.88. The molecule has 0 fully saturated rings. The lowest BCUT2D eigenvalue weighted by Gasteiger charge is -2.29. The number of para-hydroxylation sites is 1. The van der Waals surface area contributed by atoms with E-state index in [2.05, 4.69) is 5.32 Å². The summed E-state index contributed by atoms with van der Waals surface area (Å²) < 4.78 is 5.18. The van der Waals surface area contributed by atoms with Crippen molar-refractivity contribution >= 4 is 35.2 Å². The van der Waals surface area contributed by atoms with Gasteiger partial charge in [0.2, 0.25) is 0 Å². The molecule has 0 saturated heterocycles. The smallest absolute Gasteiger partial charge is 0.312 e. The van der Waals surface area contributed by atoms with Gasteiger partial charge in [-0.1, -0.05) is 48.0 Å². The highest BCUT2D eigenvalue weighted by Gasteiger charge is 2.25. The zero-order chi connectivity index (χ0) is 20.8. The van der Waals surface area contributed by atoms with E-state index in [9.17, 15) is 14.4 Å². The van der Waals surface area contributed by atoms with Crippen LogP contribution in [-0.4, -0.2) is 31.1 Å². The van der Waals surface area contributed by atoms with E-state index in [-0.39, 0.29) is 18.9 Å². The maximum absolute atomic E-state index is 12.6. The van der Waals surface area contributed by atoms with Gasteiger partial charge in [-0.2, -0.15) is 0 Å². The van der Waals surface area contributed by atoms with Crippen molar-refractivity contribution in [2.45, 2.75) is 25.3 Å². The molecular weight excluding hydrogens is 394 g/mol. The Balaban J connectivity index is 1.62. The summed E-state index contributed by atoms with van der Waals surface area (Å²) in [6.45, 7) is 0.206. The summed E-state index contributed by atoms with van der Waals surface area (Å²) in [7, 11) is 0. The van der Waals surface area contributed by atoms with Gasteiger partial charge in [-0.25, -0.2) is 4.79 Å². The number of rotatable bonds is 6. The molecule has 0 unspecified atom stereocenters. The minimum Gasteiger partial charge on any atom is -0.455 e. The Morgan fingerprint density at radius 1 is 1.14 bits per heavy atom. The Labute approximate surface area is 173 Å². The maximum Gasteiger partial charge on any atom is 0.312 e. The molecule has 2 aromatic rings. The zero-order valence-corrected chi connectivity index (χ0v) is 16.5. The number of benzene rings is 2. The molecule has 0 aliphatic carbocycles. The Kier molecular flexibility index (Phi) is 6.72. The molecule has 0 spiro atoms. The first-order valence-corrected chi connectivity index (χ1v) is 9.68. The Morgan fingerprint density at radius 3 is 2.62 bits per heavy atom. The molecule has 3 rings (SSSR count). The maximum atomic E-state index is 12.6. The third-order valence-corrected chi connectivity index (χ3v) is 5.08. The van der Waals surface area contributed by atoms with E-state index in [1.165, 1.54) is 0 Å². The lowest BCUT2D eigenvalue weighted by Crippen LogP contribution is -2.39. The van der Waals surface area contributed by atoms with Gasteiger partial charge in [0.05, 0.1) is 12.5 Å². The Morgan fingerprint density at radius 2 is 1.86 bits per heavy atom. The molecule has 0 radical (unpaired) electrons. The average molecular weight is 416 g/mol. The third-order valence-electron chi connectivity index (χ3n) is 4.74. The van der Waals surface area contributed by atoms with E-state index >= 15 is 0 Å². The molecular formula is C21H22ClN3O4. The summed E-state index contributed by atoms with van der Waals surface area (Å²) >= 11 is 6.16. The van der Waals surface area contributed by atoms with Gasteiger partial charge < -0.3 is 20.7 Å². The molecule has 1 heterocycles. The Hall–Kier alpha value is -3.06. The molecule has 3 amide bonds. The van der Waals surface area contributed by atoms with Crippen LogP contribution < -0.4 is 16.0 Å². The van der Waals surface area contributed by atoms with Crippen LogP contribution in [0.15, 0.2) is 48.5 Å². The number of carbonyl (C=O) groups is 3. The molecule has 152 valence electrons. The number of esters is 1. The largest absolute Gasteiger partial charge is 0.455 e. The number of aryl methyl sites for hydroxylation is 1. The van der Waals surface area contributed by atoms with Gasteiger partial charge in [-0.15, -0.1) is 0 Å². The zero-order valence-electron chi connectivity index (χ0n) is 15.8. The van der Waals surface area contributed by atoms with Crippen molar-refractivity contribution in [1.82, 2.24) is 5.32 Å². The van der Waals surface area contributed by atoms with Crippen molar-refractivity contribution in [2.24, 2.45) is 5.73 Å². The predicted molar refractivity (Wildman–Crippen MR) is 110 cm³/mol. The fraction of sp³-hybridized carbons (Fsp3) is 0.286. The molecule has 1 aliphatic heterocycles. The number of anilines is 1. The molecule has 3 N–H and O–H groups in total. The number of amides is 3. The lowest BCUT2D eigenvalue weighted by molar-refractivity contribution is -0.148. The molecule has 1 atom stereocenters. The van der Waals surface area contributed by atoms with E-state index in [0.717, 1.165) is 24.1 Å². The number of primary amides is 1. The van der Waals surface area contributed by atoms with Gasteiger partial charge in [0.25, 0.3) is 5.91 Å². The van der Waals surface area contributed by atoms with E-state index in [1.807, 2.05) is 24.3 Å². The average Bonchev–Trinajstić information content (AvgIpc) is 2.71. The van der Waals surface area contributed by atoms with Gasteiger partial charge in [0.15, 0.2) is 6.61 Å². The summed E-state index contributed by atoms with van der Waals surface area (Å²) in [4.78, 5) is 37.9. The molecule has 0 aromatic heterocycles. The lowest BCUT2D eigenvalue weighted by atomic mass is 10.0. The van der Waals surface area contributed by atoms with Gasteiger partial charge >= 0.3 is 12.0 Å². The van der Waals surface area contributed by atoms with Gasteiger partial charge in [0, 0.05) is 17.3 Å². The van der Waals surface area contributed by atoms with Crippen molar-refractivity contribution in [2.75, 3.05) is 18.1 Å². The van der Waals surface area contributed by atoms with E-state index in [1.54, 1.807) is 29.2 Å². The highest BCUT2D eigenvalue weighted by molar-refractivity contribution is 6.31. The number of halogens is 1. The van der Waals surface area contributed by atoms with Crippen LogP contribution >= 0.6 is 11.6 Å².